The van der Waals surface area contributed by atoms with Crippen LogP contribution in [-0.2, 0) is 16.6 Å². The molecular weight excluding hydrogens is 348 g/mol. The van der Waals surface area contributed by atoms with Crippen LogP contribution in [0.15, 0.2) is 60.1 Å². The summed E-state index contributed by atoms with van der Waals surface area (Å²) in [6, 6.07) is 10.5. The number of H-pyrrole nitrogens is 1. The Morgan fingerprint density at radius 2 is 2.19 bits per heavy atom. The molecule has 0 spiro atoms. The van der Waals surface area contributed by atoms with Gasteiger partial charge in [0.1, 0.15) is 5.75 Å². The Morgan fingerprint density at radius 3 is 3.00 bits per heavy atom. The largest absolute Gasteiger partial charge is 0.496 e. The molecule has 3 aromatic heterocycles. The van der Waals surface area contributed by atoms with E-state index in [1.54, 1.807) is 6.07 Å². The topological polar surface area (TPSA) is 72.8 Å². The molecule has 132 valence electrons. The van der Waals surface area contributed by atoms with Crippen molar-refractivity contribution in [2.75, 3.05) is 7.04 Å². The lowest BCUT2D eigenvalue weighted by atomic mass is 10.2. The molecule has 3 heterocycles. The number of hydrogen-bond acceptors (Lipinski definition) is 4. The van der Waals surface area contributed by atoms with E-state index in [1.807, 2.05) is 41.2 Å². The highest BCUT2D eigenvalue weighted by atomic mass is 32.2. The van der Waals surface area contributed by atoms with E-state index in [4.69, 9.17) is 13.0 Å². The molecule has 0 aliphatic rings. The average Bonchev–Trinajstić information content (AvgIpc) is 3.35. The van der Waals surface area contributed by atoms with Crippen molar-refractivity contribution in [2.24, 2.45) is 0 Å². The Hall–Kier alpha value is -2.93. The van der Waals surface area contributed by atoms with Crippen molar-refractivity contribution in [1.29, 1.82) is 0 Å². The number of benzene rings is 1. The van der Waals surface area contributed by atoms with E-state index in [1.165, 1.54) is 12.3 Å². The standard InChI is InChI=1S/C19H18N4O2S/c1-13-17(20-8-7-18(13)25-2)12-26(24)19-21-15-6-5-14(11-16(15)22-19)23-9-3-4-10-23/h3-11H,12H2,1-2H3,(H,21,22)/i1D3,2D3. The monoisotopic (exact) mass is 372 g/mol. The van der Waals surface area contributed by atoms with Gasteiger partial charge in [0.25, 0.3) is 0 Å². The number of aromatic amines is 1. The van der Waals surface area contributed by atoms with Crippen molar-refractivity contribution in [3.8, 4) is 11.4 Å². The van der Waals surface area contributed by atoms with Gasteiger partial charge in [-0.3, -0.25) is 9.19 Å². The number of ether oxygens (including phenoxy) is 1. The maximum atomic E-state index is 13.0. The fourth-order valence-corrected chi connectivity index (χ4v) is 3.65. The number of nitrogens with zero attached hydrogens (tertiary/aromatic N) is 3. The van der Waals surface area contributed by atoms with Crippen LogP contribution in [-0.4, -0.2) is 30.8 Å². The van der Waals surface area contributed by atoms with Crippen LogP contribution >= 0.6 is 0 Å². The van der Waals surface area contributed by atoms with Crippen molar-refractivity contribution in [1.82, 2.24) is 19.5 Å². The smallest absolute Gasteiger partial charge is 0.197 e. The second-order valence-corrected chi connectivity index (χ2v) is 6.92. The van der Waals surface area contributed by atoms with Gasteiger partial charge in [-0.2, -0.15) is 0 Å². The molecule has 0 aliphatic heterocycles. The molecule has 0 saturated heterocycles. The van der Waals surface area contributed by atoms with Gasteiger partial charge in [0.2, 0.25) is 0 Å². The van der Waals surface area contributed by atoms with Gasteiger partial charge in [-0.25, -0.2) is 4.98 Å². The minimum absolute atomic E-state index is 0.0430. The molecule has 0 aliphatic carbocycles. The zero-order valence-corrected chi connectivity index (χ0v) is 14.3. The van der Waals surface area contributed by atoms with Crippen LogP contribution in [0.25, 0.3) is 16.7 Å². The van der Waals surface area contributed by atoms with Gasteiger partial charge in [0.05, 0.1) is 44.4 Å². The Labute approximate surface area is 161 Å². The Bertz CT molecular complexity index is 1280. The van der Waals surface area contributed by atoms with E-state index in [2.05, 4.69) is 15.0 Å². The number of nitrogens with one attached hydrogen (secondary N) is 1. The fraction of sp³-hybridized carbons (Fsp3) is 0.158. The lowest BCUT2D eigenvalue weighted by Gasteiger charge is -2.08. The van der Waals surface area contributed by atoms with Crippen LogP contribution in [0.5, 0.6) is 5.75 Å². The Kier molecular flexibility index (Phi) is 2.84. The van der Waals surface area contributed by atoms with E-state index in [0.717, 1.165) is 5.69 Å². The molecule has 0 fully saturated rings. The third kappa shape index (κ3) is 3.01. The first-order valence-electron chi connectivity index (χ1n) is 10.7. The van der Waals surface area contributed by atoms with Gasteiger partial charge in [-0.05, 0) is 43.3 Å². The molecule has 1 N–H and O–H groups in total. The second-order valence-electron chi connectivity index (χ2n) is 5.56. The van der Waals surface area contributed by atoms with Crippen molar-refractivity contribution >= 4 is 21.8 Å². The molecule has 26 heavy (non-hydrogen) atoms. The minimum atomic E-state index is -2.84. The molecule has 0 bridgehead atoms. The molecule has 0 saturated carbocycles. The first-order chi connectivity index (χ1) is 15.0. The summed E-state index contributed by atoms with van der Waals surface area (Å²) in [5.41, 5.74) is 1.74. The first-order valence-corrected chi connectivity index (χ1v) is 9.02. The Balaban J connectivity index is 1.66. The summed E-state index contributed by atoms with van der Waals surface area (Å²) in [7, 11) is -4.61. The van der Waals surface area contributed by atoms with Crippen molar-refractivity contribution in [3.05, 3.63) is 66.2 Å². The number of hydrogen-bond donors (Lipinski definition) is 1. The van der Waals surface area contributed by atoms with Crippen LogP contribution in [0, 0.1) is 6.85 Å². The van der Waals surface area contributed by atoms with E-state index in [9.17, 15) is 4.21 Å². The van der Waals surface area contributed by atoms with Gasteiger partial charge in [0, 0.05) is 34.0 Å². The quantitative estimate of drug-likeness (QED) is 0.583. The molecule has 1 aromatic carbocycles. The molecule has 0 amide bonds. The molecular formula is C19H18N4O2S. The molecule has 0 radical (unpaired) electrons. The number of methoxy groups -OCH3 is 1. The average molecular weight is 372 g/mol. The van der Waals surface area contributed by atoms with Gasteiger partial charge < -0.3 is 14.3 Å². The zero-order valence-electron chi connectivity index (χ0n) is 19.5. The van der Waals surface area contributed by atoms with Gasteiger partial charge in [-0.15, -0.1) is 0 Å². The summed E-state index contributed by atoms with van der Waals surface area (Å²) in [6.07, 6.45) is 5.02. The van der Waals surface area contributed by atoms with Crippen LogP contribution in [0.3, 0.4) is 0 Å². The summed E-state index contributed by atoms with van der Waals surface area (Å²) < 4.78 is 65.0. The lowest BCUT2D eigenvalue weighted by molar-refractivity contribution is 0.410. The second kappa shape index (κ2) is 6.76. The number of imidazole rings is 1. The lowest BCUT2D eigenvalue weighted by Crippen LogP contribution is -2.03. The van der Waals surface area contributed by atoms with Gasteiger partial charge in [-0.1, -0.05) is 0 Å². The number of pyridine rings is 1. The fourth-order valence-electron chi connectivity index (χ4n) is 2.62. The highest BCUT2D eigenvalue weighted by Crippen LogP contribution is 2.22. The maximum Gasteiger partial charge on any atom is 0.197 e. The maximum absolute atomic E-state index is 13.0. The predicted octanol–water partition coefficient (Wildman–Crippen LogP) is 3.37. The summed E-state index contributed by atoms with van der Waals surface area (Å²) in [5, 5.41) is 0.157. The van der Waals surface area contributed by atoms with E-state index in [0.29, 0.717) is 11.0 Å². The molecule has 4 rings (SSSR count). The van der Waals surface area contributed by atoms with E-state index >= 15 is 0 Å². The van der Waals surface area contributed by atoms with Crippen molar-refractivity contribution in [2.45, 2.75) is 17.8 Å². The summed E-state index contributed by atoms with van der Waals surface area (Å²) in [6.45, 7) is -2.71. The summed E-state index contributed by atoms with van der Waals surface area (Å²) in [5.74, 6) is -0.621. The van der Waals surface area contributed by atoms with Crippen LogP contribution in [0.2, 0.25) is 0 Å². The summed E-state index contributed by atoms with van der Waals surface area (Å²) >= 11 is 0. The van der Waals surface area contributed by atoms with Crippen LogP contribution in [0.4, 0.5) is 0 Å². The number of fused-ring (bicyclic) bond motifs is 1. The SMILES string of the molecule is [2H]C([2H])([2H])Oc1ccnc(CS(=O)c2nc3ccc(-n4cccc4)cc3[nH]2)c1C([2H])([2H])[2H]. The van der Waals surface area contributed by atoms with Gasteiger partial charge >= 0.3 is 0 Å². The van der Waals surface area contributed by atoms with Crippen molar-refractivity contribution in [3.63, 3.8) is 0 Å². The van der Waals surface area contributed by atoms with E-state index in [-0.39, 0.29) is 27.9 Å². The number of aromatic nitrogens is 4. The third-order valence-corrected chi connectivity index (χ3v) is 5.09. The normalized spacial score (nSPS) is 16.8. The van der Waals surface area contributed by atoms with Gasteiger partial charge in [0.15, 0.2) is 5.16 Å². The molecule has 7 heteroatoms. The highest BCUT2D eigenvalue weighted by Gasteiger charge is 2.15. The van der Waals surface area contributed by atoms with Crippen LogP contribution < -0.4 is 4.74 Å². The minimum Gasteiger partial charge on any atom is -0.496 e. The van der Waals surface area contributed by atoms with Crippen LogP contribution in [0.1, 0.15) is 19.5 Å². The third-order valence-electron chi connectivity index (χ3n) is 3.93. The molecule has 4 aromatic rings. The Morgan fingerprint density at radius 1 is 1.31 bits per heavy atom. The first kappa shape index (κ1) is 10.9. The predicted molar refractivity (Wildman–Crippen MR) is 101 cm³/mol. The molecule has 6 nitrogen and oxygen atoms in total. The van der Waals surface area contributed by atoms with Crippen molar-refractivity contribution < 1.29 is 17.2 Å². The highest BCUT2D eigenvalue weighted by molar-refractivity contribution is 7.84. The van der Waals surface area contributed by atoms with E-state index < -0.39 is 24.7 Å². The number of rotatable bonds is 5. The molecule has 1 unspecified atom stereocenters. The summed E-state index contributed by atoms with van der Waals surface area (Å²) in [4.78, 5) is 11.4. The molecule has 1 atom stereocenters. The zero-order chi connectivity index (χ0) is 23.1.